The molecule has 0 spiro atoms. The zero-order valence-electron chi connectivity index (χ0n) is 11.8. The highest BCUT2D eigenvalue weighted by atomic mass is 32.1. The number of aromatic nitrogens is 2. The first-order valence-corrected chi connectivity index (χ1v) is 7.68. The van der Waals surface area contributed by atoms with Crippen molar-refractivity contribution in [3.05, 3.63) is 46.5 Å². The summed E-state index contributed by atoms with van der Waals surface area (Å²) >= 11 is 1.16. The average molecular weight is 289 g/mol. The summed E-state index contributed by atoms with van der Waals surface area (Å²) in [5.41, 5.74) is 2.04. The molecule has 20 heavy (non-hydrogen) atoms. The molecule has 1 amide bonds. The normalized spacial score (nSPS) is 12.1. The molecule has 2 aromatic rings. The van der Waals surface area contributed by atoms with E-state index in [0.29, 0.717) is 17.3 Å². The Morgan fingerprint density at radius 3 is 2.70 bits per heavy atom. The summed E-state index contributed by atoms with van der Waals surface area (Å²) in [6.07, 6.45) is 1.72. The monoisotopic (exact) mass is 289 g/mol. The first-order chi connectivity index (χ1) is 9.76. The fraction of sp³-hybridized carbons (Fsp3) is 0.400. The minimum absolute atomic E-state index is 0.0637. The minimum atomic E-state index is -0.0637. The van der Waals surface area contributed by atoms with E-state index in [0.717, 1.165) is 30.1 Å². The lowest BCUT2D eigenvalue weighted by atomic mass is 9.96. The van der Waals surface area contributed by atoms with Gasteiger partial charge in [0.1, 0.15) is 4.88 Å². The van der Waals surface area contributed by atoms with Gasteiger partial charge in [0.2, 0.25) is 0 Å². The first kappa shape index (κ1) is 14.7. The van der Waals surface area contributed by atoms with Crippen molar-refractivity contribution in [2.24, 2.45) is 0 Å². The molecular weight excluding hydrogens is 270 g/mol. The summed E-state index contributed by atoms with van der Waals surface area (Å²) in [5, 5.41) is 6.97. The zero-order valence-corrected chi connectivity index (χ0v) is 12.6. The second-order valence-electron chi connectivity index (χ2n) is 4.63. The van der Waals surface area contributed by atoms with Crippen LogP contribution in [0, 0.1) is 0 Å². The number of nitrogens with one attached hydrogen (secondary N) is 1. The molecule has 0 fully saturated rings. The largest absolute Gasteiger partial charge is 0.351 e. The van der Waals surface area contributed by atoms with Crippen LogP contribution >= 0.6 is 11.5 Å². The van der Waals surface area contributed by atoms with Crippen LogP contribution in [0.1, 0.15) is 47.1 Å². The van der Waals surface area contributed by atoms with Gasteiger partial charge in [0.15, 0.2) is 0 Å². The van der Waals surface area contributed by atoms with E-state index < -0.39 is 0 Å². The lowest BCUT2D eigenvalue weighted by Crippen LogP contribution is -2.28. The molecule has 0 aliphatic heterocycles. The van der Waals surface area contributed by atoms with Crippen molar-refractivity contribution < 1.29 is 4.79 Å². The van der Waals surface area contributed by atoms with Crippen LogP contribution in [0.15, 0.2) is 30.3 Å². The van der Waals surface area contributed by atoms with E-state index in [-0.39, 0.29) is 5.91 Å². The molecule has 4 nitrogen and oxygen atoms in total. The van der Waals surface area contributed by atoms with E-state index in [9.17, 15) is 4.79 Å². The number of hydrogen-bond acceptors (Lipinski definition) is 4. The maximum atomic E-state index is 12.2. The van der Waals surface area contributed by atoms with Crippen LogP contribution in [0.25, 0.3) is 0 Å². The summed E-state index contributed by atoms with van der Waals surface area (Å²) in [7, 11) is 0. The van der Waals surface area contributed by atoms with Gasteiger partial charge in [-0.3, -0.25) is 4.79 Å². The number of rotatable bonds is 6. The van der Waals surface area contributed by atoms with Crippen molar-refractivity contribution in [3.8, 4) is 0 Å². The number of carbonyl (C=O) groups excluding carboxylic acids is 1. The Morgan fingerprint density at radius 2 is 2.05 bits per heavy atom. The number of amides is 1. The van der Waals surface area contributed by atoms with Crippen LogP contribution in [-0.4, -0.2) is 22.0 Å². The van der Waals surface area contributed by atoms with Gasteiger partial charge in [-0.1, -0.05) is 48.7 Å². The third-order valence-corrected chi connectivity index (χ3v) is 4.14. The summed E-state index contributed by atoms with van der Waals surface area (Å²) < 4.78 is 3.85. The van der Waals surface area contributed by atoms with Gasteiger partial charge in [-0.25, -0.2) is 0 Å². The molecule has 106 valence electrons. The van der Waals surface area contributed by atoms with Crippen LogP contribution in [0.2, 0.25) is 0 Å². The van der Waals surface area contributed by atoms with Crippen molar-refractivity contribution in [3.63, 3.8) is 0 Å². The highest BCUT2D eigenvalue weighted by Crippen LogP contribution is 2.18. The summed E-state index contributed by atoms with van der Waals surface area (Å²) in [6, 6.07) is 10.3. The van der Waals surface area contributed by atoms with E-state index in [1.807, 2.05) is 25.1 Å². The molecule has 2 rings (SSSR count). The topological polar surface area (TPSA) is 54.9 Å². The van der Waals surface area contributed by atoms with Gasteiger partial charge in [-0.05, 0) is 29.9 Å². The third kappa shape index (κ3) is 3.42. The Hall–Kier alpha value is -1.75. The minimum Gasteiger partial charge on any atom is -0.351 e. The number of hydrogen-bond donors (Lipinski definition) is 1. The number of benzene rings is 1. The molecule has 0 aliphatic carbocycles. The molecule has 1 atom stereocenters. The van der Waals surface area contributed by atoms with Crippen LogP contribution in [0.4, 0.5) is 0 Å². The van der Waals surface area contributed by atoms with Gasteiger partial charge < -0.3 is 5.32 Å². The van der Waals surface area contributed by atoms with Gasteiger partial charge in [-0.15, -0.1) is 5.10 Å². The second kappa shape index (κ2) is 7.14. The van der Waals surface area contributed by atoms with Crippen molar-refractivity contribution in [2.45, 2.75) is 32.6 Å². The molecule has 0 aliphatic rings. The van der Waals surface area contributed by atoms with Crippen molar-refractivity contribution in [1.29, 1.82) is 0 Å². The molecular formula is C15H19N3OS. The maximum absolute atomic E-state index is 12.2. The summed E-state index contributed by atoms with van der Waals surface area (Å²) in [4.78, 5) is 12.8. The standard InChI is InChI=1S/C15H19N3OS/c1-3-11(12-8-6-5-7-9-12)10-16-15(19)14-13(4-2)17-18-20-14/h5-9,11H,3-4,10H2,1-2H3,(H,16,19)/t11-/m1/s1. The molecule has 0 bridgehead atoms. The lowest BCUT2D eigenvalue weighted by molar-refractivity contribution is 0.0954. The van der Waals surface area contributed by atoms with E-state index >= 15 is 0 Å². The quantitative estimate of drug-likeness (QED) is 0.889. The predicted molar refractivity (Wildman–Crippen MR) is 81.1 cm³/mol. The van der Waals surface area contributed by atoms with Crippen LogP contribution in [0.5, 0.6) is 0 Å². The number of nitrogens with zero attached hydrogens (tertiary/aromatic N) is 2. The van der Waals surface area contributed by atoms with Crippen LogP contribution in [-0.2, 0) is 6.42 Å². The average Bonchev–Trinajstić information content (AvgIpc) is 2.97. The zero-order chi connectivity index (χ0) is 14.4. The maximum Gasteiger partial charge on any atom is 0.264 e. The predicted octanol–water partition coefficient (Wildman–Crippen LogP) is 3.02. The molecule has 1 aromatic carbocycles. The van der Waals surface area contributed by atoms with Crippen molar-refractivity contribution in [1.82, 2.24) is 14.9 Å². The Labute approximate surface area is 123 Å². The lowest BCUT2D eigenvalue weighted by Gasteiger charge is -2.15. The van der Waals surface area contributed by atoms with E-state index in [2.05, 4.69) is 34.0 Å². The van der Waals surface area contributed by atoms with Crippen LogP contribution in [0.3, 0.4) is 0 Å². The van der Waals surface area contributed by atoms with Crippen LogP contribution < -0.4 is 5.32 Å². The van der Waals surface area contributed by atoms with E-state index in [1.54, 1.807) is 0 Å². The number of carbonyl (C=O) groups is 1. The van der Waals surface area contributed by atoms with E-state index in [1.165, 1.54) is 5.56 Å². The molecule has 0 saturated heterocycles. The first-order valence-electron chi connectivity index (χ1n) is 6.90. The molecule has 0 saturated carbocycles. The molecule has 1 N–H and O–H groups in total. The van der Waals surface area contributed by atoms with Gasteiger partial charge in [0, 0.05) is 12.5 Å². The third-order valence-electron chi connectivity index (χ3n) is 3.37. The Morgan fingerprint density at radius 1 is 1.30 bits per heavy atom. The second-order valence-corrected chi connectivity index (χ2v) is 5.38. The summed E-state index contributed by atoms with van der Waals surface area (Å²) in [6.45, 7) is 4.75. The summed E-state index contributed by atoms with van der Waals surface area (Å²) in [5.74, 6) is 0.275. The smallest absolute Gasteiger partial charge is 0.264 e. The fourth-order valence-corrected chi connectivity index (χ4v) is 2.80. The van der Waals surface area contributed by atoms with Gasteiger partial charge >= 0.3 is 0 Å². The van der Waals surface area contributed by atoms with Crippen molar-refractivity contribution >= 4 is 17.4 Å². The SMILES string of the molecule is CCc1nnsc1C(=O)NC[C@@H](CC)c1ccccc1. The molecule has 5 heteroatoms. The molecule has 1 aromatic heterocycles. The molecule has 0 unspecified atom stereocenters. The van der Waals surface area contributed by atoms with Crippen molar-refractivity contribution in [2.75, 3.05) is 6.54 Å². The fourth-order valence-electron chi connectivity index (χ4n) is 2.13. The van der Waals surface area contributed by atoms with Gasteiger partial charge in [0.25, 0.3) is 5.91 Å². The molecule has 1 heterocycles. The Balaban J connectivity index is 1.99. The highest BCUT2D eigenvalue weighted by molar-refractivity contribution is 7.08. The van der Waals surface area contributed by atoms with Gasteiger partial charge in [-0.2, -0.15) is 0 Å². The Kier molecular flexibility index (Phi) is 5.24. The molecule has 0 radical (unpaired) electrons. The van der Waals surface area contributed by atoms with Gasteiger partial charge in [0.05, 0.1) is 5.69 Å². The number of aryl methyl sites for hydroxylation is 1. The highest BCUT2D eigenvalue weighted by Gasteiger charge is 2.16. The Bertz CT molecular complexity index is 553. The van der Waals surface area contributed by atoms with E-state index in [4.69, 9.17) is 0 Å².